The highest BCUT2D eigenvalue weighted by atomic mass is 19.1. The predicted molar refractivity (Wildman–Crippen MR) is 103 cm³/mol. The maximum Gasteiger partial charge on any atom is 0.182 e. The minimum Gasteiger partial charge on any atom is -0.420 e. The molecule has 1 fully saturated rings. The minimum atomic E-state index is -0.277. The van der Waals surface area contributed by atoms with E-state index in [9.17, 15) is 4.39 Å². The van der Waals surface area contributed by atoms with Crippen LogP contribution >= 0.6 is 0 Å². The Morgan fingerprint density at radius 1 is 1.29 bits per heavy atom. The van der Waals surface area contributed by atoms with E-state index in [4.69, 9.17) is 11.6 Å². The highest BCUT2D eigenvalue weighted by molar-refractivity contribution is 5.55. The lowest BCUT2D eigenvalue weighted by molar-refractivity contribution is 0.260. The molecule has 0 unspecified atom stereocenters. The van der Waals surface area contributed by atoms with Crippen LogP contribution in [-0.4, -0.2) is 19.7 Å². The van der Waals surface area contributed by atoms with E-state index in [0.29, 0.717) is 35.2 Å². The van der Waals surface area contributed by atoms with E-state index in [0.717, 1.165) is 24.1 Å². The second-order valence-electron chi connectivity index (χ2n) is 6.79. The molecule has 8 heteroatoms. The van der Waals surface area contributed by atoms with Crippen molar-refractivity contribution in [2.45, 2.75) is 31.7 Å². The van der Waals surface area contributed by atoms with E-state index in [1.165, 1.54) is 12.3 Å². The topological polar surface area (TPSA) is 105 Å². The van der Waals surface area contributed by atoms with Crippen molar-refractivity contribution >= 4 is 5.82 Å². The van der Waals surface area contributed by atoms with Crippen LogP contribution in [0.2, 0.25) is 0 Å². The number of allylic oxidation sites excluding steroid dienone is 1. The normalized spacial score (nSPS) is 13.9. The first-order valence-electron chi connectivity index (χ1n) is 9.09. The van der Waals surface area contributed by atoms with Gasteiger partial charge < -0.3 is 10.6 Å². The molecule has 2 aromatic heterocycles. The second-order valence-corrected chi connectivity index (χ2v) is 6.79. The summed E-state index contributed by atoms with van der Waals surface area (Å²) in [6.45, 7) is 0.287. The lowest BCUT2D eigenvalue weighted by Gasteiger charge is -2.07. The van der Waals surface area contributed by atoms with Crippen molar-refractivity contribution in [3.05, 3.63) is 71.5 Å². The fourth-order valence-electron chi connectivity index (χ4n) is 3.11. The standard InChI is InChI=1S/C20H21FN6O/c21-17-6-2-1-4-14(17)12-27-15(5-3-9-28-23)10-18(26-27)20-24-11-16(13-7-8-13)19(22)25-20/h1-4,6,9-11,13H,5,7-8,12,23H2,(H2,22,24,25)/b9-3-. The predicted octanol–water partition coefficient (Wildman–Crippen LogP) is 2.93. The molecule has 28 heavy (non-hydrogen) atoms. The van der Waals surface area contributed by atoms with Crippen LogP contribution in [0.1, 0.15) is 35.6 Å². The van der Waals surface area contributed by atoms with Gasteiger partial charge >= 0.3 is 0 Å². The van der Waals surface area contributed by atoms with Crippen LogP contribution in [0.5, 0.6) is 0 Å². The average Bonchev–Trinajstić information content (AvgIpc) is 3.45. The molecule has 4 rings (SSSR count). The van der Waals surface area contributed by atoms with Crippen LogP contribution < -0.4 is 11.6 Å². The first kappa shape index (κ1) is 18.1. The van der Waals surface area contributed by atoms with Gasteiger partial charge in [-0.05, 0) is 37.0 Å². The molecule has 0 aliphatic heterocycles. The third-order valence-corrected chi connectivity index (χ3v) is 4.74. The smallest absolute Gasteiger partial charge is 0.182 e. The Balaban J connectivity index is 1.67. The summed E-state index contributed by atoms with van der Waals surface area (Å²) in [5.74, 6) is 6.19. The quantitative estimate of drug-likeness (QED) is 0.482. The molecular formula is C20H21FN6O. The Kier molecular flexibility index (Phi) is 5.03. The van der Waals surface area contributed by atoms with Crippen LogP contribution in [0.4, 0.5) is 10.2 Å². The van der Waals surface area contributed by atoms with Gasteiger partial charge in [0.1, 0.15) is 23.6 Å². The SMILES string of the molecule is NO/C=C\Cc1cc(-c2ncc(C3CC3)c(N)n2)nn1Cc1ccccc1F. The van der Waals surface area contributed by atoms with Crippen molar-refractivity contribution in [3.63, 3.8) is 0 Å². The number of benzene rings is 1. The van der Waals surface area contributed by atoms with Gasteiger partial charge in [-0.3, -0.25) is 4.68 Å². The molecule has 3 aromatic rings. The zero-order chi connectivity index (χ0) is 19.5. The third kappa shape index (κ3) is 3.86. The summed E-state index contributed by atoms with van der Waals surface area (Å²) in [7, 11) is 0. The van der Waals surface area contributed by atoms with Crippen LogP contribution in [-0.2, 0) is 17.8 Å². The lowest BCUT2D eigenvalue weighted by Crippen LogP contribution is -2.08. The maximum atomic E-state index is 14.1. The Labute approximate surface area is 161 Å². The fraction of sp³-hybridized carbons (Fsp3) is 0.250. The molecule has 7 nitrogen and oxygen atoms in total. The molecule has 0 spiro atoms. The van der Waals surface area contributed by atoms with Gasteiger partial charge in [-0.2, -0.15) is 11.0 Å². The molecule has 0 amide bonds. The number of hydrogen-bond acceptors (Lipinski definition) is 6. The van der Waals surface area contributed by atoms with E-state index in [-0.39, 0.29) is 12.4 Å². The Morgan fingerprint density at radius 2 is 2.11 bits per heavy atom. The number of anilines is 1. The highest BCUT2D eigenvalue weighted by Crippen LogP contribution is 2.42. The van der Waals surface area contributed by atoms with E-state index < -0.39 is 0 Å². The van der Waals surface area contributed by atoms with Gasteiger partial charge in [0.2, 0.25) is 0 Å². The average molecular weight is 380 g/mol. The molecule has 2 heterocycles. The molecule has 0 saturated heterocycles. The fourth-order valence-corrected chi connectivity index (χ4v) is 3.11. The number of hydrogen-bond donors (Lipinski definition) is 2. The highest BCUT2D eigenvalue weighted by Gasteiger charge is 2.27. The van der Waals surface area contributed by atoms with Crippen molar-refractivity contribution in [2.24, 2.45) is 5.90 Å². The van der Waals surface area contributed by atoms with Crippen LogP contribution in [0.25, 0.3) is 11.5 Å². The van der Waals surface area contributed by atoms with Gasteiger partial charge in [0.25, 0.3) is 0 Å². The molecule has 144 valence electrons. The van der Waals surface area contributed by atoms with Gasteiger partial charge in [0.15, 0.2) is 5.82 Å². The summed E-state index contributed by atoms with van der Waals surface area (Å²) in [5.41, 5.74) is 9.08. The van der Waals surface area contributed by atoms with Crippen molar-refractivity contribution in [3.8, 4) is 11.5 Å². The maximum absolute atomic E-state index is 14.1. The molecule has 0 atom stereocenters. The number of rotatable bonds is 7. The number of nitrogens with two attached hydrogens (primary N) is 2. The van der Waals surface area contributed by atoms with E-state index >= 15 is 0 Å². The molecule has 1 saturated carbocycles. The summed E-state index contributed by atoms with van der Waals surface area (Å²) in [6, 6.07) is 8.49. The largest absolute Gasteiger partial charge is 0.420 e. The van der Waals surface area contributed by atoms with Crippen LogP contribution in [0.3, 0.4) is 0 Å². The molecule has 1 aliphatic rings. The zero-order valence-corrected chi connectivity index (χ0v) is 15.3. The van der Waals surface area contributed by atoms with Gasteiger partial charge in [0, 0.05) is 29.4 Å². The number of nitrogens with zero attached hydrogens (tertiary/aromatic N) is 4. The van der Waals surface area contributed by atoms with Crippen molar-refractivity contribution in [2.75, 3.05) is 5.73 Å². The molecule has 1 aromatic carbocycles. The van der Waals surface area contributed by atoms with Crippen LogP contribution in [0, 0.1) is 5.82 Å². The number of nitrogen functional groups attached to an aromatic ring is 1. The Bertz CT molecular complexity index is 1010. The first-order valence-corrected chi connectivity index (χ1v) is 9.09. The zero-order valence-electron chi connectivity index (χ0n) is 15.3. The van der Waals surface area contributed by atoms with Gasteiger partial charge in [-0.1, -0.05) is 18.2 Å². The molecule has 1 aliphatic carbocycles. The molecule has 0 radical (unpaired) electrons. The van der Waals surface area contributed by atoms with Crippen molar-refractivity contribution < 1.29 is 9.23 Å². The monoisotopic (exact) mass is 380 g/mol. The number of aromatic nitrogens is 4. The Hall–Kier alpha value is -3.26. The minimum absolute atomic E-state index is 0.277. The lowest BCUT2D eigenvalue weighted by atomic mass is 10.2. The van der Waals surface area contributed by atoms with Gasteiger partial charge in [0.05, 0.1) is 6.54 Å². The van der Waals surface area contributed by atoms with Crippen LogP contribution in [0.15, 0.2) is 48.9 Å². The van der Waals surface area contributed by atoms with E-state index in [2.05, 4.69) is 19.9 Å². The van der Waals surface area contributed by atoms with Crippen molar-refractivity contribution in [1.82, 2.24) is 19.7 Å². The summed E-state index contributed by atoms with van der Waals surface area (Å²) < 4.78 is 15.8. The van der Waals surface area contributed by atoms with Gasteiger partial charge in [-0.15, -0.1) is 0 Å². The summed E-state index contributed by atoms with van der Waals surface area (Å²) >= 11 is 0. The molecule has 4 N–H and O–H groups in total. The number of halogens is 1. The molecular weight excluding hydrogens is 359 g/mol. The molecule has 0 bridgehead atoms. The van der Waals surface area contributed by atoms with E-state index in [1.54, 1.807) is 35.2 Å². The summed E-state index contributed by atoms with van der Waals surface area (Å²) in [4.78, 5) is 13.4. The third-order valence-electron chi connectivity index (χ3n) is 4.74. The van der Waals surface area contributed by atoms with Gasteiger partial charge in [-0.25, -0.2) is 14.4 Å². The first-order chi connectivity index (χ1) is 13.7. The summed E-state index contributed by atoms with van der Waals surface area (Å²) in [6.07, 6.45) is 7.69. The Morgan fingerprint density at radius 3 is 2.82 bits per heavy atom. The van der Waals surface area contributed by atoms with E-state index in [1.807, 2.05) is 6.07 Å². The second kappa shape index (κ2) is 7.77. The van der Waals surface area contributed by atoms with Crippen molar-refractivity contribution in [1.29, 1.82) is 0 Å². The summed E-state index contributed by atoms with van der Waals surface area (Å²) in [5, 5.41) is 4.59.